The third-order valence-corrected chi connectivity index (χ3v) is 4.61. The minimum Gasteiger partial charge on any atom is -0.493 e. The average molecular weight is 432 g/mol. The summed E-state index contributed by atoms with van der Waals surface area (Å²) < 4.78 is 16.6. The SMILES string of the molecule is COc1ccc(-c2noc([C@H](C)NC(=O)c3ccccc3Br)n2)cc1OC. The summed E-state index contributed by atoms with van der Waals surface area (Å²) >= 11 is 3.37. The van der Waals surface area contributed by atoms with Crippen molar-refractivity contribution in [1.82, 2.24) is 15.5 Å². The van der Waals surface area contributed by atoms with Crippen molar-refractivity contribution in [2.45, 2.75) is 13.0 Å². The Balaban J connectivity index is 1.77. The number of aromatic nitrogens is 2. The van der Waals surface area contributed by atoms with E-state index in [2.05, 4.69) is 31.4 Å². The minimum absolute atomic E-state index is 0.235. The van der Waals surface area contributed by atoms with Crippen LogP contribution in [0.1, 0.15) is 29.2 Å². The lowest BCUT2D eigenvalue weighted by Gasteiger charge is -2.10. The Kier molecular flexibility index (Phi) is 5.75. The zero-order chi connectivity index (χ0) is 19.4. The topological polar surface area (TPSA) is 86.5 Å². The fourth-order valence-corrected chi connectivity index (χ4v) is 2.95. The van der Waals surface area contributed by atoms with Gasteiger partial charge in [-0.15, -0.1) is 0 Å². The van der Waals surface area contributed by atoms with Gasteiger partial charge in [0.2, 0.25) is 11.7 Å². The molecule has 1 N–H and O–H groups in total. The number of rotatable bonds is 6. The van der Waals surface area contributed by atoms with Crippen molar-refractivity contribution in [2.24, 2.45) is 0 Å². The Morgan fingerprint density at radius 2 is 1.89 bits per heavy atom. The molecule has 0 fully saturated rings. The van der Waals surface area contributed by atoms with Gasteiger partial charge in [-0.25, -0.2) is 0 Å². The van der Waals surface area contributed by atoms with E-state index in [0.717, 1.165) is 0 Å². The standard InChI is InChI=1S/C19H18BrN3O4/c1-11(21-18(24)13-6-4-5-7-14(13)20)19-22-17(23-27-19)12-8-9-15(25-2)16(10-12)26-3/h4-11H,1-3H3,(H,21,24)/t11-/m0/s1. The summed E-state index contributed by atoms with van der Waals surface area (Å²) in [4.78, 5) is 16.8. The molecule has 0 aliphatic rings. The highest BCUT2D eigenvalue weighted by molar-refractivity contribution is 9.10. The van der Waals surface area contributed by atoms with Crippen molar-refractivity contribution in [1.29, 1.82) is 0 Å². The van der Waals surface area contributed by atoms with Crippen LogP contribution in [0.5, 0.6) is 11.5 Å². The summed E-state index contributed by atoms with van der Waals surface area (Å²) in [6, 6.07) is 12.1. The van der Waals surface area contributed by atoms with E-state index >= 15 is 0 Å². The maximum Gasteiger partial charge on any atom is 0.253 e. The molecular weight excluding hydrogens is 414 g/mol. The molecule has 0 unspecified atom stereocenters. The molecule has 0 saturated heterocycles. The van der Waals surface area contributed by atoms with Crippen molar-refractivity contribution < 1.29 is 18.8 Å². The first kappa shape index (κ1) is 18.9. The number of ether oxygens (including phenoxy) is 2. The van der Waals surface area contributed by atoms with Crippen LogP contribution in [0.15, 0.2) is 51.5 Å². The van der Waals surface area contributed by atoms with E-state index in [0.29, 0.717) is 38.8 Å². The number of hydrogen-bond donors (Lipinski definition) is 1. The van der Waals surface area contributed by atoms with E-state index in [1.807, 2.05) is 6.07 Å². The molecule has 0 radical (unpaired) electrons. The van der Waals surface area contributed by atoms with E-state index in [1.54, 1.807) is 57.5 Å². The minimum atomic E-state index is -0.453. The number of hydrogen-bond acceptors (Lipinski definition) is 6. The third kappa shape index (κ3) is 4.11. The second-order valence-electron chi connectivity index (χ2n) is 5.70. The number of halogens is 1. The largest absolute Gasteiger partial charge is 0.493 e. The van der Waals surface area contributed by atoms with E-state index in [1.165, 1.54) is 0 Å². The first-order chi connectivity index (χ1) is 13.0. The van der Waals surface area contributed by atoms with Gasteiger partial charge >= 0.3 is 0 Å². The Morgan fingerprint density at radius 3 is 2.59 bits per heavy atom. The van der Waals surface area contributed by atoms with E-state index in [9.17, 15) is 4.79 Å². The summed E-state index contributed by atoms with van der Waals surface area (Å²) in [5.41, 5.74) is 1.25. The van der Waals surface area contributed by atoms with Gasteiger partial charge in [0.1, 0.15) is 6.04 Å². The maximum atomic E-state index is 12.4. The molecule has 1 amide bonds. The Bertz CT molecular complexity index is 958. The highest BCUT2D eigenvalue weighted by Gasteiger charge is 2.19. The van der Waals surface area contributed by atoms with Crippen LogP contribution in [-0.2, 0) is 0 Å². The monoisotopic (exact) mass is 431 g/mol. The number of nitrogens with zero attached hydrogens (tertiary/aromatic N) is 2. The molecule has 2 aromatic carbocycles. The number of carbonyl (C=O) groups is 1. The van der Waals surface area contributed by atoms with Crippen molar-refractivity contribution >= 4 is 21.8 Å². The quantitative estimate of drug-likeness (QED) is 0.634. The maximum absolute atomic E-state index is 12.4. The lowest BCUT2D eigenvalue weighted by atomic mass is 10.2. The fraction of sp³-hybridized carbons (Fsp3) is 0.211. The van der Waals surface area contributed by atoms with E-state index < -0.39 is 6.04 Å². The fourth-order valence-electron chi connectivity index (χ4n) is 2.49. The molecule has 3 aromatic rings. The van der Waals surface area contributed by atoms with Gasteiger partial charge in [-0.1, -0.05) is 17.3 Å². The summed E-state index contributed by atoms with van der Waals surface area (Å²) in [7, 11) is 3.13. The molecule has 0 spiro atoms. The zero-order valence-corrected chi connectivity index (χ0v) is 16.6. The predicted octanol–water partition coefficient (Wildman–Crippen LogP) is 4.01. The second kappa shape index (κ2) is 8.22. The van der Waals surface area contributed by atoms with Crippen LogP contribution in [0.25, 0.3) is 11.4 Å². The number of benzene rings is 2. The summed E-state index contributed by atoms with van der Waals surface area (Å²) in [5, 5.41) is 6.84. The van der Waals surface area contributed by atoms with E-state index in [4.69, 9.17) is 14.0 Å². The van der Waals surface area contributed by atoms with Crippen LogP contribution in [0.3, 0.4) is 0 Å². The molecule has 0 bridgehead atoms. The first-order valence-electron chi connectivity index (χ1n) is 8.15. The Labute approximate surface area is 164 Å². The molecule has 8 heteroatoms. The van der Waals surface area contributed by atoms with Crippen molar-refractivity contribution in [3.05, 3.63) is 58.4 Å². The summed E-state index contributed by atoms with van der Waals surface area (Å²) in [6.07, 6.45) is 0. The van der Waals surface area contributed by atoms with Gasteiger partial charge < -0.3 is 19.3 Å². The van der Waals surface area contributed by atoms with Gasteiger partial charge in [0.25, 0.3) is 5.91 Å². The summed E-state index contributed by atoms with van der Waals surface area (Å²) in [6.45, 7) is 1.78. The molecule has 0 saturated carbocycles. The smallest absolute Gasteiger partial charge is 0.253 e. The number of carbonyl (C=O) groups excluding carboxylic acids is 1. The third-order valence-electron chi connectivity index (χ3n) is 3.92. The van der Waals surface area contributed by atoms with Crippen molar-refractivity contribution in [2.75, 3.05) is 14.2 Å². The summed E-state index contributed by atoms with van der Waals surface area (Å²) in [5.74, 6) is 1.64. The van der Waals surface area contributed by atoms with Gasteiger partial charge in [-0.2, -0.15) is 4.98 Å². The lowest BCUT2D eigenvalue weighted by Crippen LogP contribution is -2.27. The first-order valence-corrected chi connectivity index (χ1v) is 8.94. The van der Waals surface area contributed by atoms with Crippen LogP contribution in [0.2, 0.25) is 0 Å². The molecule has 0 aliphatic heterocycles. The van der Waals surface area contributed by atoms with Gasteiger partial charge in [0.05, 0.1) is 19.8 Å². The molecule has 0 aliphatic carbocycles. The second-order valence-corrected chi connectivity index (χ2v) is 6.56. The molecule has 7 nitrogen and oxygen atoms in total. The van der Waals surface area contributed by atoms with Crippen LogP contribution in [0, 0.1) is 0 Å². The van der Waals surface area contributed by atoms with Crippen molar-refractivity contribution in [3.63, 3.8) is 0 Å². The van der Waals surface area contributed by atoms with Crippen LogP contribution >= 0.6 is 15.9 Å². The highest BCUT2D eigenvalue weighted by atomic mass is 79.9. The van der Waals surface area contributed by atoms with E-state index in [-0.39, 0.29) is 5.91 Å². The molecule has 3 rings (SSSR count). The molecule has 27 heavy (non-hydrogen) atoms. The predicted molar refractivity (Wildman–Crippen MR) is 103 cm³/mol. The highest BCUT2D eigenvalue weighted by Crippen LogP contribution is 2.31. The van der Waals surface area contributed by atoms with Crippen molar-refractivity contribution in [3.8, 4) is 22.9 Å². The molecule has 1 aromatic heterocycles. The van der Waals surface area contributed by atoms with Gasteiger partial charge in [0, 0.05) is 10.0 Å². The van der Waals surface area contributed by atoms with Gasteiger partial charge in [-0.05, 0) is 53.2 Å². The molecular formula is C19H18BrN3O4. The number of amides is 1. The molecule has 140 valence electrons. The molecule has 1 heterocycles. The van der Waals surface area contributed by atoms with Gasteiger partial charge in [-0.3, -0.25) is 4.79 Å². The van der Waals surface area contributed by atoms with Crippen LogP contribution < -0.4 is 14.8 Å². The van der Waals surface area contributed by atoms with Crippen LogP contribution in [-0.4, -0.2) is 30.3 Å². The normalized spacial score (nSPS) is 11.7. The van der Waals surface area contributed by atoms with Crippen LogP contribution in [0.4, 0.5) is 0 Å². The Hall–Kier alpha value is -2.87. The number of methoxy groups -OCH3 is 2. The lowest BCUT2D eigenvalue weighted by molar-refractivity contribution is 0.0931. The average Bonchev–Trinajstić information content (AvgIpc) is 3.18. The Morgan fingerprint density at radius 1 is 1.15 bits per heavy atom. The number of nitrogens with one attached hydrogen (secondary N) is 1. The zero-order valence-electron chi connectivity index (χ0n) is 15.0. The molecule has 1 atom stereocenters. The van der Waals surface area contributed by atoms with Gasteiger partial charge in [0.15, 0.2) is 11.5 Å².